The van der Waals surface area contributed by atoms with Crippen molar-refractivity contribution in [2.75, 3.05) is 6.61 Å². The van der Waals surface area contributed by atoms with Crippen LogP contribution < -0.4 is 14.8 Å². The Morgan fingerprint density at radius 3 is 2.78 bits per heavy atom. The van der Waals surface area contributed by atoms with Gasteiger partial charge in [-0.05, 0) is 41.8 Å². The Morgan fingerprint density at radius 1 is 1.30 bits per heavy atom. The quantitative estimate of drug-likeness (QED) is 0.780. The molecule has 2 aromatic rings. The fourth-order valence-corrected chi connectivity index (χ4v) is 2.92. The largest absolute Gasteiger partial charge is 0.493 e. The van der Waals surface area contributed by atoms with Gasteiger partial charge in [-0.3, -0.25) is 4.79 Å². The predicted molar refractivity (Wildman–Crippen MR) is 95.3 cm³/mol. The lowest BCUT2D eigenvalue weighted by molar-refractivity contribution is -0.143. The van der Waals surface area contributed by atoms with Gasteiger partial charge < -0.3 is 19.9 Å². The van der Waals surface area contributed by atoms with Gasteiger partial charge in [-0.15, -0.1) is 0 Å². The van der Waals surface area contributed by atoms with Crippen LogP contribution >= 0.6 is 0 Å². The van der Waals surface area contributed by atoms with Crippen molar-refractivity contribution < 1.29 is 28.6 Å². The van der Waals surface area contributed by atoms with Crippen molar-refractivity contribution in [3.05, 3.63) is 59.4 Å². The van der Waals surface area contributed by atoms with Crippen LogP contribution in [0.15, 0.2) is 42.5 Å². The van der Waals surface area contributed by atoms with Crippen LogP contribution in [0, 0.1) is 5.82 Å². The Labute approximate surface area is 155 Å². The van der Waals surface area contributed by atoms with E-state index in [1.807, 2.05) is 0 Å². The molecular formula is C20H20FNO5. The van der Waals surface area contributed by atoms with Gasteiger partial charge in [-0.1, -0.05) is 25.1 Å². The van der Waals surface area contributed by atoms with Crippen LogP contribution in [0.3, 0.4) is 0 Å². The minimum Gasteiger partial charge on any atom is -0.493 e. The Bertz CT molecular complexity index is 854. The molecule has 1 amide bonds. The zero-order chi connectivity index (χ0) is 19.4. The van der Waals surface area contributed by atoms with Gasteiger partial charge in [0.1, 0.15) is 5.75 Å². The van der Waals surface area contributed by atoms with E-state index in [4.69, 9.17) is 9.47 Å². The van der Waals surface area contributed by atoms with Gasteiger partial charge in [0.2, 0.25) is 0 Å². The van der Waals surface area contributed by atoms with Crippen molar-refractivity contribution in [3.63, 3.8) is 0 Å². The van der Waals surface area contributed by atoms with E-state index < -0.39 is 29.8 Å². The molecular weight excluding hydrogens is 353 g/mol. The second-order valence-electron chi connectivity index (χ2n) is 6.19. The number of ether oxygens (including phenoxy) is 2. The van der Waals surface area contributed by atoms with Crippen LogP contribution in [0.2, 0.25) is 0 Å². The molecule has 2 unspecified atom stereocenters. The fraction of sp³-hybridized carbons (Fsp3) is 0.300. The third-order valence-electron chi connectivity index (χ3n) is 4.35. The number of hydrogen-bond donors (Lipinski definition) is 2. The molecule has 0 aromatic heterocycles. The summed E-state index contributed by atoms with van der Waals surface area (Å²) in [6.45, 7) is 2.25. The Kier molecular flexibility index (Phi) is 5.59. The number of carboxylic acids is 1. The first-order valence-corrected chi connectivity index (χ1v) is 8.69. The lowest BCUT2D eigenvalue weighted by atomic mass is 10.0. The summed E-state index contributed by atoms with van der Waals surface area (Å²) in [4.78, 5) is 24.3. The zero-order valence-electron chi connectivity index (χ0n) is 14.8. The van der Waals surface area contributed by atoms with Gasteiger partial charge in [0.15, 0.2) is 23.7 Å². The first-order chi connectivity index (χ1) is 13.0. The van der Waals surface area contributed by atoms with E-state index >= 15 is 0 Å². The van der Waals surface area contributed by atoms with Crippen LogP contribution in [-0.4, -0.2) is 29.7 Å². The second-order valence-corrected chi connectivity index (χ2v) is 6.19. The van der Waals surface area contributed by atoms with Gasteiger partial charge >= 0.3 is 5.97 Å². The molecule has 27 heavy (non-hydrogen) atoms. The highest BCUT2D eigenvalue weighted by molar-refractivity contribution is 5.87. The molecule has 0 radical (unpaired) electrons. The number of hydrogen-bond acceptors (Lipinski definition) is 4. The summed E-state index contributed by atoms with van der Waals surface area (Å²) in [6.07, 6.45) is -0.0661. The van der Waals surface area contributed by atoms with Crippen molar-refractivity contribution >= 4 is 11.9 Å². The third-order valence-corrected chi connectivity index (χ3v) is 4.35. The number of amides is 1. The summed E-state index contributed by atoms with van der Waals surface area (Å²) in [5.74, 6) is -1.73. The van der Waals surface area contributed by atoms with Crippen molar-refractivity contribution in [3.8, 4) is 11.5 Å². The molecule has 3 rings (SSSR count). The molecule has 1 aliphatic heterocycles. The third kappa shape index (κ3) is 4.19. The highest BCUT2D eigenvalue weighted by atomic mass is 19.1. The lowest BCUT2D eigenvalue weighted by Crippen LogP contribution is -2.42. The number of para-hydroxylation sites is 1. The molecule has 1 aliphatic rings. The van der Waals surface area contributed by atoms with E-state index in [9.17, 15) is 19.1 Å². The van der Waals surface area contributed by atoms with Crippen LogP contribution in [0.25, 0.3) is 0 Å². The number of nitrogens with one attached hydrogen (secondary N) is 1. The monoisotopic (exact) mass is 373 g/mol. The molecule has 2 aromatic carbocycles. The summed E-state index contributed by atoms with van der Waals surface area (Å²) in [6, 6.07) is 9.56. The van der Waals surface area contributed by atoms with Gasteiger partial charge in [0.25, 0.3) is 5.91 Å². The van der Waals surface area contributed by atoms with Crippen molar-refractivity contribution in [1.82, 2.24) is 5.32 Å². The molecule has 7 heteroatoms. The number of rotatable bonds is 7. The van der Waals surface area contributed by atoms with E-state index in [0.29, 0.717) is 18.6 Å². The van der Waals surface area contributed by atoms with Crippen molar-refractivity contribution in [2.45, 2.75) is 31.9 Å². The molecule has 2 N–H and O–H groups in total. The number of aliphatic carboxylic acids is 1. The second kappa shape index (κ2) is 8.07. The summed E-state index contributed by atoms with van der Waals surface area (Å²) in [7, 11) is 0. The molecule has 142 valence electrons. The zero-order valence-corrected chi connectivity index (χ0v) is 14.8. The lowest BCUT2D eigenvalue weighted by Gasteiger charge is -2.21. The standard InChI is InChI=1S/C20H20FNO5/c1-2-15(27-17-6-4-3-5-14(17)21)19(23)22-18(20(24)25)13-7-8-16-12(11-13)9-10-26-16/h3-8,11,15,18H,2,9-10H2,1H3,(H,22,23)(H,24,25). The van der Waals surface area contributed by atoms with Crippen molar-refractivity contribution in [2.24, 2.45) is 0 Å². The topological polar surface area (TPSA) is 84.9 Å². The van der Waals surface area contributed by atoms with Crippen LogP contribution in [0.4, 0.5) is 4.39 Å². The molecule has 1 heterocycles. The summed E-state index contributed by atoms with van der Waals surface area (Å²) < 4.78 is 24.6. The van der Waals surface area contributed by atoms with E-state index in [1.54, 1.807) is 31.2 Å². The summed E-state index contributed by atoms with van der Waals surface area (Å²) >= 11 is 0. The maximum Gasteiger partial charge on any atom is 0.330 e. The molecule has 0 saturated heterocycles. The molecule has 0 saturated carbocycles. The summed E-state index contributed by atoms with van der Waals surface area (Å²) in [5, 5.41) is 12.1. The van der Waals surface area contributed by atoms with Gasteiger partial charge in [0.05, 0.1) is 6.61 Å². The van der Waals surface area contributed by atoms with E-state index in [2.05, 4.69) is 5.32 Å². The number of benzene rings is 2. The van der Waals surface area contributed by atoms with E-state index in [1.165, 1.54) is 18.2 Å². The minimum absolute atomic E-state index is 0.0546. The number of halogens is 1. The van der Waals surface area contributed by atoms with Gasteiger partial charge in [-0.25, -0.2) is 9.18 Å². The highest BCUT2D eigenvalue weighted by Gasteiger charge is 2.28. The van der Waals surface area contributed by atoms with Gasteiger partial charge in [0, 0.05) is 6.42 Å². The smallest absolute Gasteiger partial charge is 0.330 e. The Hall–Kier alpha value is -3.09. The molecule has 0 fully saturated rings. The number of carboxylic acid groups (broad SMARTS) is 1. The SMILES string of the molecule is CCC(Oc1ccccc1F)C(=O)NC(C(=O)O)c1ccc2c(c1)CCO2. The maximum absolute atomic E-state index is 13.8. The fourth-order valence-electron chi connectivity index (χ4n) is 2.92. The average molecular weight is 373 g/mol. The molecule has 0 bridgehead atoms. The Morgan fingerprint density at radius 2 is 2.07 bits per heavy atom. The molecule has 0 aliphatic carbocycles. The Balaban J connectivity index is 1.76. The molecule has 6 nitrogen and oxygen atoms in total. The van der Waals surface area contributed by atoms with E-state index in [0.717, 1.165) is 11.3 Å². The molecule has 2 atom stereocenters. The maximum atomic E-state index is 13.8. The first-order valence-electron chi connectivity index (χ1n) is 8.69. The number of carbonyl (C=O) groups excluding carboxylic acids is 1. The average Bonchev–Trinajstić information content (AvgIpc) is 3.12. The first kappa shape index (κ1) is 18.7. The minimum atomic E-state index is -1.23. The highest BCUT2D eigenvalue weighted by Crippen LogP contribution is 2.28. The predicted octanol–water partition coefficient (Wildman–Crippen LogP) is 2.86. The van der Waals surface area contributed by atoms with Crippen LogP contribution in [0.1, 0.15) is 30.5 Å². The van der Waals surface area contributed by atoms with E-state index in [-0.39, 0.29) is 12.2 Å². The van der Waals surface area contributed by atoms with Crippen LogP contribution in [0.5, 0.6) is 11.5 Å². The molecule has 0 spiro atoms. The number of fused-ring (bicyclic) bond motifs is 1. The van der Waals surface area contributed by atoms with Crippen molar-refractivity contribution in [1.29, 1.82) is 0 Å². The normalized spacial score (nSPS) is 14.6. The summed E-state index contributed by atoms with van der Waals surface area (Å²) in [5.41, 5.74) is 1.35. The van der Waals surface area contributed by atoms with Crippen LogP contribution in [-0.2, 0) is 16.0 Å². The van der Waals surface area contributed by atoms with Gasteiger partial charge in [-0.2, -0.15) is 0 Å². The number of carbonyl (C=O) groups is 2.